The topological polar surface area (TPSA) is 20.2 Å². The van der Waals surface area contributed by atoms with Crippen LogP contribution >= 0.6 is 11.8 Å². The highest BCUT2D eigenvalue weighted by Crippen LogP contribution is 2.38. The molecule has 106 valence electrons. The van der Waals surface area contributed by atoms with Crippen LogP contribution in [0, 0.1) is 11.8 Å². The first-order chi connectivity index (χ1) is 9.24. The maximum Gasteiger partial charge on any atom is 0.0818 e. The predicted molar refractivity (Wildman–Crippen MR) is 83.5 cm³/mol. The highest BCUT2D eigenvalue weighted by molar-refractivity contribution is 7.99. The Morgan fingerprint density at radius 2 is 1.95 bits per heavy atom. The molecule has 1 fully saturated rings. The summed E-state index contributed by atoms with van der Waals surface area (Å²) >= 11 is 1.85. The largest absolute Gasteiger partial charge is 0.388 e. The predicted octanol–water partition coefficient (Wildman–Crippen LogP) is 5.05. The van der Waals surface area contributed by atoms with Crippen molar-refractivity contribution in [2.75, 3.05) is 5.75 Å². The van der Waals surface area contributed by atoms with E-state index in [1.807, 2.05) is 11.8 Å². The lowest BCUT2D eigenvalue weighted by Crippen LogP contribution is -2.21. The second-order valence-corrected chi connectivity index (χ2v) is 6.99. The second kappa shape index (κ2) is 7.35. The summed E-state index contributed by atoms with van der Waals surface area (Å²) in [5.41, 5.74) is 1.10. The van der Waals surface area contributed by atoms with Crippen molar-refractivity contribution in [3.8, 4) is 0 Å². The first-order valence-electron chi connectivity index (χ1n) is 7.65. The van der Waals surface area contributed by atoms with E-state index in [0.717, 1.165) is 17.2 Å². The van der Waals surface area contributed by atoms with Crippen LogP contribution in [0.25, 0.3) is 0 Å². The van der Waals surface area contributed by atoms with Crippen molar-refractivity contribution in [2.45, 2.75) is 57.0 Å². The number of hydrogen-bond acceptors (Lipinski definition) is 2. The molecule has 0 heterocycles. The fourth-order valence-electron chi connectivity index (χ4n) is 3.19. The molecule has 1 saturated carbocycles. The number of aliphatic hydroxyl groups is 1. The van der Waals surface area contributed by atoms with Gasteiger partial charge in [-0.25, -0.2) is 0 Å². The van der Waals surface area contributed by atoms with Crippen molar-refractivity contribution >= 4 is 11.8 Å². The molecular formula is C17H26OS. The van der Waals surface area contributed by atoms with Crippen LogP contribution in [-0.2, 0) is 0 Å². The average Bonchev–Trinajstić information content (AvgIpc) is 2.48. The lowest BCUT2D eigenvalue weighted by atomic mass is 9.76. The van der Waals surface area contributed by atoms with Crippen LogP contribution in [0.2, 0.25) is 0 Å². The molecule has 1 aromatic carbocycles. The molecule has 3 unspecified atom stereocenters. The smallest absolute Gasteiger partial charge is 0.0818 e. The molecule has 1 nitrogen and oxygen atoms in total. The molecule has 0 aliphatic heterocycles. The summed E-state index contributed by atoms with van der Waals surface area (Å²) in [7, 11) is 0. The van der Waals surface area contributed by atoms with Crippen LogP contribution < -0.4 is 0 Å². The Morgan fingerprint density at radius 1 is 1.21 bits per heavy atom. The van der Waals surface area contributed by atoms with Crippen molar-refractivity contribution in [2.24, 2.45) is 11.8 Å². The van der Waals surface area contributed by atoms with Gasteiger partial charge in [0.1, 0.15) is 0 Å². The normalized spacial score (nSPS) is 25.2. The van der Waals surface area contributed by atoms with Crippen LogP contribution in [0.15, 0.2) is 29.2 Å². The van der Waals surface area contributed by atoms with Gasteiger partial charge in [-0.15, -0.1) is 11.8 Å². The molecule has 1 N–H and O–H groups in total. The Balaban J connectivity index is 1.99. The van der Waals surface area contributed by atoms with Crippen molar-refractivity contribution in [3.05, 3.63) is 29.8 Å². The highest BCUT2D eigenvalue weighted by Gasteiger charge is 2.27. The third kappa shape index (κ3) is 4.00. The van der Waals surface area contributed by atoms with Crippen LogP contribution in [0.1, 0.15) is 57.6 Å². The first kappa shape index (κ1) is 14.9. The van der Waals surface area contributed by atoms with E-state index in [-0.39, 0.29) is 6.10 Å². The third-order valence-corrected chi connectivity index (χ3v) is 5.27. The molecule has 0 aromatic heterocycles. The van der Waals surface area contributed by atoms with E-state index in [2.05, 4.69) is 38.1 Å². The van der Waals surface area contributed by atoms with Gasteiger partial charge in [-0.05, 0) is 48.1 Å². The molecule has 1 aromatic rings. The molecule has 19 heavy (non-hydrogen) atoms. The zero-order valence-corrected chi connectivity index (χ0v) is 13.0. The van der Waals surface area contributed by atoms with Crippen LogP contribution in [0.3, 0.4) is 0 Å². The van der Waals surface area contributed by atoms with Gasteiger partial charge in [0.05, 0.1) is 6.10 Å². The van der Waals surface area contributed by atoms with E-state index in [1.165, 1.54) is 37.0 Å². The SMILES string of the molecule is CCSc1ccc(C(O)C2CCCC(CC)C2)cc1. The van der Waals surface area contributed by atoms with Crippen molar-refractivity contribution in [1.82, 2.24) is 0 Å². The minimum absolute atomic E-state index is 0.268. The summed E-state index contributed by atoms with van der Waals surface area (Å²) in [6.07, 6.45) is 6.01. The molecule has 3 atom stereocenters. The van der Waals surface area contributed by atoms with Gasteiger partial charge in [0.25, 0.3) is 0 Å². The van der Waals surface area contributed by atoms with Gasteiger partial charge in [0, 0.05) is 4.90 Å². The Bertz CT molecular complexity index is 373. The number of aliphatic hydroxyl groups excluding tert-OH is 1. The standard InChI is InChI=1S/C17H26OS/c1-3-13-6-5-7-15(12-13)17(18)14-8-10-16(11-9-14)19-4-2/h8-11,13,15,17-18H,3-7,12H2,1-2H3. The summed E-state index contributed by atoms with van der Waals surface area (Å²) in [4.78, 5) is 1.30. The molecule has 0 radical (unpaired) electrons. The quantitative estimate of drug-likeness (QED) is 0.761. The fourth-order valence-corrected chi connectivity index (χ4v) is 3.85. The molecule has 0 bridgehead atoms. The van der Waals surface area contributed by atoms with Crippen molar-refractivity contribution < 1.29 is 5.11 Å². The average molecular weight is 278 g/mol. The number of thioether (sulfide) groups is 1. The number of hydrogen-bond donors (Lipinski definition) is 1. The maximum absolute atomic E-state index is 10.6. The summed E-state index contributed by atoms with van der Waals surface area (Å²) in [5.74, 6) is 2.38. The molecule has 0 saturated heterocycles. The maximum atomic E-state index is 10.6. The van der Waals surface area contributed by atoms with Crippen LogP contribution in [-0.4, -0.2) is 10.9 Å². The summed E-state index contributed by atoms with van der Waals surface area (Å²) in [6.45, 7) is 4.44. The lowest BCUT2D eigenvalue weighted by molar-refractivity contribution is 0.0678. The summed E-state index contributed by atoms with van der Waals surface area (Å²) < 4.78 is 0. The fraction of sp³-hybridized carbons (Fsp3) is 0.647. The monoisotopic (exact) mass is 278 g/mol. The van der Waals surface area contributed by atoms with E-state index in [0.29, 0.717) is 5.92 Å². The minimum atomic E-state index is -0.268. The molecule has 1 aliphatic rings. The molecule has 2 rings (SSSR count). The Kier molecular flexibility index (Phi) is 5.77. The summed E-state index contributed by atoms with van der Waals surface area (Å²) in [5, 5.41) is 10.6. The van der Waals surface area contributed by atoms with Crippen molar-refractivity contribution in [3.63, 3.8) is 0 Å². The van der Waals surface area contributed by atoms with Gasteiger partial charge >= 0.3 is 0 Å². The summed E-state index contributed by atoms with van der Waals surface area (Å²) in [6, 6.07) is 8.51. The first-order valence-corrected chi connectivity index (χ1v) is 8.64. The zero-order chi connectivity index (χ0) is 13.7. The van der Waals surface area contributed by atoms with Gasteiger partial charge in [-0.2, -0.15) is 0 Å². The van der Waals surface area contributed by atoms with Gasteiger partial charge < -0.3 is 5.11 Å². The molecule has 2 heteroatoms. The van der Waals surface area contributed by atoms with Crippen LogP contribution in [0.4, 0.5) is 0 Å². The number of benzene rings is 1. The van der Waals surface area contributed by atoms with E-state index < -0.39 is 0 Å². The third-order valence-electron chi connectivity index (χ3n) is 4.38. The minimum Gasteiger partial charge on any atom is -0.388 e. The van der Waals surface area contributed by atoms with Crippen LogP contribution in [0.5, 0.6) is 0 Å². The Hall–Kier alpha value is -0.470. The van der Waals surface area contributed by atoms with E-state index >= 15 is 0 Å². The molecular weight excluding hydrogens is 252 g/mol. The van der Waals surface area contributed by atoms with Gasteiger partial charge in [0.2, 0.25) is 0 Å². The van der Waals surface area contributed by atoms with E-state index in [9.17, 15) is 5.11 Å². The van der Waals surface area contributed by atoms with Gasteiger partial charge in [0.15, 0.2) is 0 Å². The van der Waals surface area contributed by atoms with Gasteiger partial charge in [-0.1, -0.05) is 45.2 Å². The van der Waals surface area contributed by atoms with Gasteiger partial charge in [-0.3, -0.25) is 0 Å². The lowest BCUT2D eigenvalue weighted by Gasteiger charge is -2.32. The zero-order valence-electron chi connectivity index (χ0n) is 12.1. The van der Waals surface area contributed by atoms with E-state index in [4.69, 9.17) is 0 Å². The highest BCUT2D eigenvalue weighted by atomic mass is 32.2. The second-order valence-electron chi connectivity index (χ2n) is 5.65. The Labute approximate surface area is 121 Å². The molecule has 1 aliphatic carbocycles. The number of rotatable bonds is 5. The molecule has 0 amide bonds. The van der Waals surface area contributed by atoms with Crippen molar-refractivity contribution in [1.29, 1.82) is 0 Å². The molecule has 0 spiro atoms. The van der Waals surface area contributed by atoms with E-state index in [1.54, 1.807) is 0 Å². The Morgan fingerprint density at radius 3 is 2.58 bits per heavy atom.